The summed E-state index contributed by atoms with van der Waals surface area (Å²) in [5.41, 5.74) is 4.47. The minimum Gasteiger partial charge on any atom is -0.306 e. The summed E-state index contributed by atoms with van der Waals surface area (Å²) in [5.74, 6) is 0.771. The van der Waals surface area contributed by atoms with Crippen LogP contribution in [0.1, 0.15) is 48.6 Å². The molecular weight excluding hydrogens is 210 g/mol. The highest BCUT2D eigenvalue weighted by molar-refractivity contribution is 5.31. The first-order valence-electron chi connectivity index (χ1n) is 7.00. The lowest BCUT2D eigenvalue weighted by atomic mass is 9.86. The van der Waals surface area contributed by atoms with E-state index < -0.39 is 0 Å². The van der Waals surface area contributed by atoms with Crippen LogP contribution >= 0.6 is 0 Å². The minimum atomic E-state index is 0.771. The first-order chi connectivity index (χ1) is 8.25. The predicted molar refractivity (Wildman–Crippen MR) is 69.4 cm³/mol. The van der Waals surface area contributed by atoms with Crippen molar-refractivity contribution in [2.24, 2.45) is 0 Å². The van der Waals surface area contributed by atoms with E-state index in [0.29, 0.717) is 0 Å². The number of fused-ring (bicyclic) bond motifs is 1. The van der Waals surface area contributed by atoms with Gasteiger partial charge in [-0.3, -0.25) is 4.68 Å². The maximum atomic E-state index is 4.75. The van der Waals surface area contributed by atoms with Crippen molar-refractivity contribution in [3.63, 3.8) is 0 Å². The fourth-order valence-electron chi connectivity index (χ4n) is 3.47. The highest BCUT2D eigenvalue weighted by Crippen LogP contribution is 2.34. The first kappa shape index (κ1) is 11.3. The summed E-state index contributed by atoms with van der Waals surface area (Å²) in [6, 6.07) is 0. The second-order valence-electron chi connectivity index (χ2n) is 5.70. The molecule has 0 spiro atoms. The quantitative estimate of drug-likeness (QED) is 0.742. The Morgan fingerprint density at radius 2 is 1.88 bits per heavy atom. The van der Waals surface area contributed by atoms with Crippen molar-refractivity contribution in [2.75, 3.05) is 20.1 Å². The third-order valence-electron chi connectivity index (χ3n) is 4.44. The highest BCUT2D eigenvalue weighted by Gasteiger charge is 2.26. The Hall–Kier alpha value is -0.830. The van der Waals surface area contributed by atoms with Gasteiger partial charge < -0.3 is 4.90 Å². The summed E-state index contributed by atoms with van der Waals surface area (Å²) >= 11 is 0. The molecule has 17 heavy (non-hydrogen) atoms. The molecule has 0 aromatic carbocycles. The van der Waals surface area contributed by atoms with Crippen molar-refractivity contribution in [1.82, 2.24) is 14.7 Å². The van der Waals surface area contributed by atoms with Crippen molar-refractivity contribution >= 4 is 0 Å². The number of hydrogen-bond donors (Lipinski definition) is 0. The zero-order valence-corrected chi connectivity index (χ0v) is 11.1. The Bertz CT molecular complexity index is 400. The summed E-state index contributed by atoms with van der Waals surface area (Å²) in [6.45, 7) is 5.84. The Balaban J connectivity index is 1.89. The third kappa shape index (κ3) is 2.01. The fourth-order valence-corrected chi connectivity index (χ4v) is 3.47. The predicted octanol–water partition coefficient (Wildman–Crippen LogP) is 2.34. The number of aryl methyl sites for hydroxylation is 2. The van der Waals surface area contributed by atoms with E-state index in [1.165, 1.54) is 50.9 Å². The molecule has 3 heterocycles. The number of nitrogens with zero attached hydrogens (tertiary/aromatic N) is 3. The fraction of sp³-hybridized carbons (Fsp3) is 0.786. The van der Waals surface area contributed by atoms with Crippen LogP contribution in [0.3, 0.4) is 0 Å². The van der Waals surface area contributed by atoms with Crippen LogP contribution < -0.4 is 0 Å². The van der Waals surface area contributed by atoms with Crippen molar-refractivity contribution < 1.29 is 0 Å². The second kappa shape index (κ2) is 4.45. The molecule has 94 valence electrons. The molecule has 2 aliphatic rings. The zero-order chi connectivity index (χ0) is 11.8. The monoisotopic (exact) mass is 233 g/mol. The number of piperidine rings is 1. The number of aromatic nitrogens is 2. The Labute approximate surface area is 104 Å². The number of hydrogen-bond acceptors (Lipinski definition) is 2. The van der Waals surface area contributed by atoms with Gasteiger partial charge in [-0.05, 0) is 70.6 Å². The van der Waals surface area contributed by atoms with Crippen LogP contribution in [0.15, 0.2) is 0 Å². The molecule has 0 saturated carbocycles. The van der Waals surface area contributed by atoms with E-state index in [9.17, 15) is 0 Å². The smallest absolute Gasteiger partial charge is 0.0631 e. The van der Waals surface area contributed by atoms with Gasteiger partial charge in [0.25, 0.3) is 0 Å². The zero-order valence-electron chi connectivity index (χ0n) is 11.1. The van der Waals surface area contributed by atoms with Crippen LogP contribution in [0.25, 0.3) is 0 Å². The molecule has 0 amide bonds. The van der Waals surface area contributed by atoms with Gasteiger partial charge in [0.1, 0.15) is 0 Å². The molecule has 3 rings (SSSR count). The van der Waals surface area contributed by atoms with Crippen molar-refractivity contribution in [3.05, 3.63) is 17.0 Å². The van der Waals surface area contributed by atoms with Crippen molar-refractivity contribution in [2.45, 2.75) is 51.5 Å². The highest BCUT2D eigenvalue weighted by atomic mass is 15.3. The molecule has 2 aliphatic heterocycles. The molecule has 0 unspecified atom stereocenters. The number of likely N-dealkylation sites (tertiary alicyclic amines) is 1. The summed E-state index contributed by atoms with van der Waals surface area (Å²) in [5, 5.41) is 4.75. The molecule has 1 aromatic rings. The second-order valence-corrected chi connectivity index (χ2v) is 5.70. The topological polar surface area (TPSA) is 21.1 Å². The van der Waals surface area contributed by atoms with Gasteiger partial charge in [-0.15, -0.1) is 0 Å². The lowest BCUT2D eigenvalue weighted by Gasteiger charge is -2.30. The molecule has 0 N–H and O–H groups in total. The average Bonchev–Trinajstić information content (AvgIpc) is 2.66. The third-order valence-corrected chi connectivity index (χ3v) is 4.44. The van der Waals surface area contributed by atoms with Gasteiger partial charge in [0.15, 0.2) is 0 Å². The Morgan fingerprint density at radius 1 is 1.12 bits per heavy atom. The lowest BCUT2D eigenvalue weighted by Crippen LogP contribution is -2.29. The summed E-state index contributed by atoms with van der Waals surface area (Å²) in [4.78, 5) is 2.45. The molecule has 3 nitrogen and oxygen atoms in total. The molecule has 0 aliphatic carbocycles. The van der Waals surface area contributed by atoms with Crippen LogP contribution in [-0.2, 0) is 13.0 Å². The van der Waals surface area contributed by atoms with E-state index in [2.05, 4.69) is 23.6 Å². The summed E-state index contributed by atoms with van der Waals surface area (Å²) in [7, 11) is 2.23. The van der Waals surface area contributed by atoms with Crippen LogP contribution in [-0.4, -0.2) is 34.8 Å². The normalized spacial score (nSPS) is 22.7. The molecule has 0 radical (unpaired) electrons. The van der Waals surface area contributed by atoms with E-state index in [4.69, 9.17) is 5.10 Å². The summed E-state index contributed by atoms with van der Waals surface area (Å²) < 4.78 is 2.28. The van der Waals surface area contributed by atoms with E-state index in [1.807, 2.05) is 0 Å². The van der Waals surface area contributed by atoms with Crippen LogP contribution in [0, 0.1) is 6.92 Å². The molecule has 1 fully saturated rings. The maximum Gasteiger partial charge on any atom is 0.0631 e. The van der Waals surface area contributed by atoms with E-state index in [0.717, 1.165) is 12.5 Å². The van der Waals surface area contributed by atoms with Gasteiger partial charge in [-0.2, -0.15) is 5.10 Å². The summed E-state index contributed by atoms with van der Waals surface area (Å²) in [6.07, 6.45) is 6.54. The van der Waals surface area contributed by atoms with Crippen molar-refractivity contribution in [1.29, 1.82) is 0 Å². The molecule has 1 saturated heterocycles. The van der Waals surface area contributed by atoms with E-state index in [1.54, 1.807) is 11.3 Å². The minimum absolute atomic E-state index is 0.771. The van der Waals surface area contributed by atoms with Gasteiger partial charge in [0.05, 0.1) is 5.69 Å². The van der Waals surface area contributed by atoms with Gasteiger partial charge in [-0.1, -0.05) is 0 Å². The van der Waals surface area contributed by atoms with E-state index in [-0.39, 0.29) is 0 Å². The van der Waals surface area contributed by atoms with Crippen LogP contribution in [0.2, 0.25) is 0 Å². The lowest BCUT2D eigenvalue weighted by molar-refractivity contribution is 0.254. The molecular formula is C14H23N3. The number of rotatable bonds is 1. The van der Waals surface area contributed by atoms with Crippen molar-refractivity contribution in [3.8, 4) is 0 Å². The van der Waals surface area contributed by atoms with E-state index >= 15 is 0 Å². The molecule has 1 aromatic heterocycles. The van der Waals surface area contributed by atoms with Gasteiger partial charge in [0.2, 0.25) is 0 Å². The van der Waals surface area contributed by atoms with Crippen LogP contribution in [0.5, 0.6) is 0 Å². The SMILES string of the molecule is Cc1nn2c(c1C1CCN(C)CC1)CCCC2. The maximum absolute atomic E-state index is 4.75. The van der Waals surface area contributed by atoms with Gasteiger partial charge in [0, 0.05) is 12.2 Å². The first-order valence-corrected chi connectivity index (χ1v) is 7.00. The Kier molecular flexibility index (Phi) is 2.95. The average molecular weight is 233 g/mol. The Morgan fingerprint density at radius 3 is 2.65 bits per heavy atom. The molecule has 0 bridgehead atoms. The largest absolute Gasteiger partial charge is 0.306 e. The molecule has 0 atom stereocenters. The van der Waals surface area contributed by atoms with Gasteiger partial charge >= 0.3 is 0 Å². The van der Waals surface area contributed by atoms with Crippen LogP contribution in [0.4, 0.5) is 0 Å². The standard InChI is InChI=1S/C14H23N3/c1-11-14(12-6-9-16(2)10-7-12)13-5-3-4-8-17(13)15-11/h12H,3-10H2,1-2H3. The molecule has 3 heteroatoms. The van der Waals surface area contributed by atoms with Gasteiger partial charge in [-0.25, -0.2) is 0 Å².